The fourth-order valence-electron chi connectivity index (χ4n) is 3.89. The number of aliphatic hydroxyl groups is 2. The molecule has 0 amide bonds. The number of hydrogen-bond donors (Lipinski definition) is 8. The minimum absolute atomic E-state index is 0.120. The van der Waals surface area contributed by atoms with Crippen molar-refractivity contribution in [3.8, 4) is 0 Å². The molecule has 0 aliphatic heterocycles. The van der Waals surface area contributed by atoms with E-state index in [1.807, 2.05) is 0 Å². The molecule has 0 rings (SSSR count). The number of nitrogens with one attached hydrogen (secondary N) is 3. The Morgan fingerprint density at radius 3 is 2.03 bits per heavy atom. The third kappa shape index (κ3) is 26.1. The second kappa shape index (κ2) is 25.8. The maximum absolute atomic E-state index is 10.6. The topological polar surface area (TPSA) is 159 Å². The van der Waals surface area contributed by atoms with Crippen molar-refractivity contribution in [1.82, 2.24) is 20.9 Å². The van der Waals surface area contributed by atoms with Gasteiger partial charge in [-0.05, 0) is 31.7 Å². The molecule has 38 heavy (non-hydrogen) atoms. The van der Waals surface area contributed by atoms with Gasteiger partial charge in [0.05, 0.1) is 36.3 Å². The van der Waals surface area contributed by atoms with Crippen molar-refractivity contribution in [2.75, 3.05) is 91.1 Å². The van der Waals surface area contributed by atoms with Crippen LogP contribution in [0.1, 0.15) is 59.3 Å². The highest BCUT2D eigenvalue weighted by atomic mass is 32.3. The molecule has 0 aromatic rings. The van der Waals surface area contributed by atoms with Crippen LogP contribution in [0.15, 0.2) is 0 Å². The van der Waals surface area contributed by atoms with Gasteiger partial charge in [0, 0.05) is 71.3 Å². The average Bonchev–Trinajstić information content (AvgIpc) is 2.86. The fraction of sp³-hybridized carbons (Fsp3) is 1.00. The van der Waals surface area contributed by atoms with Gasteiger partial charge in [-0.2, -0.15) is 0 Å². The molecule has 0 radical (unpaired) electrons. The van der Waals surface area contributed by atoms with E-state index in [1.165, 1.54) is 19.3 Å². The zero-order valence-electron chi connectivity index (χ0n) is 24.3. The summed E-state index contributed by atoms with van der Waals surface area (Å²) in [6.07, 6.45) is 4.99. The molecule has 8 N–H and O–H groups in total. The predicted octanol–water partition coefficient (Wildman–Crippen LogP) is 2.05. The maximum atomic E-state index is 10.6. The average molecular weight is 573 g/mol. The zero-order chi connectivity index (χ0) is 28.5. The van der Waals surface area contributed by atoms with Gasteiger partial charge >= 0.3 is 0 Å². The summed E-state index contributed by atoms with van der Waals surface area (Å²) in [4.78, 5) is 2.27. The van der Waals surface area contributed by atoms with Crippen LogP contribution in [0.3, 0.4) is 0 Å². The standard InChI is InChI=1S/C26H60N4O7S/c1-4-7-9-24(6-3)21-37-23-26(32)20-30(15-13-27-10-5-2)16-14-28-11-12-29-19-25(31)22-36-17-8-18-38(33,34)35/h24-29,31-35H,4-23H2,1-3H3. The molecule has 0 aromatic carbocycles. The molecule has 0 aliphatic rings. The van der Waals surface area contributed by atoms with E-state index >= 15 is 0 Å². The largest absolute Gasteiger partial charge is 0.389 e. The minimum Gasteiger partial charge on any atom is -0.389 e. The zero-order valence-corrected chi connectivity index (χ0v) is 25.1. The highest BCUT2D eigenvalue weighted by molar-refractivity contribution is 8.19. The van der Waals surface area contributed by atoms with Crippen LogP contribution in [0.5, 0.6) is 0 Å². The van der Waals surface area contributed by atoms with Crippen molar-refractivity contribution < 1.29 is 33.3 Å². The summed E-state index contributed by atoms with van der Waals surface area (Å²) in [5, 5.41) is 30.5. The first kappa shape index (κ1) is 37.9. The number of ether oxygens (including phenoxy) is 2. The summed E-state index contributed by atoms with van der Waals surface area (Å²) < 4.78 is 37.8. The molecular weight excluding hydrogens is 512 g/mol. The lowest BCUT2D eigenvalue weighted by Gasteiger charge is -2.26. The van der Waals surface area contributed by atoms with E-state index in [9.17, 15) is 10.2 Å². The highest BCUT2D eigenvalue weighted by Crippen LogP contribution is 2.32. The van der Waals surface area contributed by atoms with Gasteiger partial charge in [0.2, 0.25) is 0 Å². The number of unbranched alkanes of at least 4 members (excludes halogenated alkanes) is 1. The van der Waals surface area contributed by atoms with Crippen LogP contribution in [0.4, 0.5) is 0 Å². The van der Waals surface area contributed by atoms with Crippen molar-refractivity contribution in [3.05, 3.63) is 0 Å². The van der Waals surface area contributed by atoms with Crippen LogP contribution in [-0.2, 0) is 9.47 Å². The van der Waals surface area contributed by atoms with Crippen molar-refractivity contribution >= 4 is 10.9 Å². The predicted molar refractivity (Wildman–Crippen MR) is 157 cm³/mol. The molecule has 0 fully saturated rings. The van der Waals surface area contributed by atoms with Gasteiger partial charge < -0.3 is 49.3 Å². The van der Waals surface area contributed by atoms with Crippen LogP contribution in [0, 0.1) is 5.92 Å². The molecule has 0 aliphatic carbocycles. The van der Waals surface area contributed by atoms with E-state index < -0.39 is 23.1 Å². The molecule has 0 aromatic heterocycles. The van der Waals surface area contributed by atoms with Crippen LogP contribution < -0.4 is 16.0 Å². The summed E-state index contributed by atoms with van der Waals surface area (Å²) >= 11 is 0. The number of rotatable bonds is 29. The van der Waals surface area contributed by atoms with Crippen molar-refractivity contribution in [1.29, 1.82) is 0 Å². The van der Waals surface area contributed by atoms with E-state index in [1.54, 1.807) is 0 Å². The van der Waals surface area contributed by atoms with Crippen molar-refractivity contribution in [2.24, 2.45) is 5.92 Å². The molecule has 0 bridgehead atoms. The third-order valence-corrected chi connectivity index (χ3v) is 7.02. The van der Waals surface area contributed by atoms with E-state index in [-0.39, 0.29) is 19.0 Å². The Balaban J connectivity index is 4.05. The number of nitrogens with zero attached hydrogens (tertiary/aromatic N) is 1. The quantitative estimate of drug-likeness (QED) is 0.0620. The Labute approximate surface area is 233 Å². The summed E-state index contributed by atoms with van der Waals surface area (Å²) in [6.45, 7) is 14.9. The molecule has 0 spiro atoms. The molecule has 3 atom stereocenters. The van der Waals surface area contributed by atoms with Crippen LogP contribution in [-0.4, -0.2) is 132 Å². The Morgan fingerprint density at radius 1 is 0.737 bits per heavy atom. The van der Waals surface area contributed by atoms with Gasteiger partial charge in [-0.3, -0.25) is 4.90 Å². The molecule has 3 unspecified atom stereocenters. The van der Waals surface area contributed by atoms with Crippen LogP contribution in [0.2, 0.25) is 0 Å². The maximum Gasteiger partial charge on any atom is 0.0900 e. The van der Waals surface area contributed by atoms with E-state index in [0.29, 0.717) is 38.6 Å². The molecule has 11 nitrogen and oxygen atoms in total. The minimum atomic E-state index is -3.47. The first-order chi connectivity index (χ1) is 18.2. The lowest BCUT2D eigenvalue weighted by molar-refractivity contribution is 0.00323. The summed E-state index contributed by atoms with van der Waals surface area (Å²) in [5.74, 6) is 0.454. The molecule has 12 heteroatoms. The summed E-state index contributed by atoms with van der Waals surface area (Å²) in [6, 6.07) is 0. The fourth-order valence-corrected chi connectivity index (χ4v) is 4.40. The number of hydrogen-bond acceptors (Lipinski definition) is 11. The van der Waals surface area contributed by atoms with E-state index in [0.717, 1.165) is 58.7 Å². The third-order valence-electron chi connectivity index (χ3n) is 6.19. The second-order valence-corrected chi connectivity index (χ2v) is 11.7. The highest BCUT2D eigenvalue weighted by Gasteiger charge is 2.14. The molecule has 0 saturated heterocycles. The summed E-state index contributed by atoms with van der Waals surface area (Å²) in [5.41, 5.74) is 0. The van der Waals surface area contributed by atoms with Gasteiger partial charge in [-0.1, -0.05) is 40.0 Å². The first-order valence-electron chi connectivity index (χ1n) is 14.6. The van der Waals surface area contributed by atoms with Gasteiger partial charge in [0.1, 0.15) is 0 Å². The van der Waals surface area contributed by atoms with Crippen LogP contribution in [0.25, 0.3) is 0 Å². The molecule has 0 heterocycles. The smallest absolute Gasteiger partial charge is 0.0900 e. The van der Waals surface area contributed by atoms with E-state index in [4.69, 9.17) is 23.1 Å². The van der Waals surface area contributed by atoms with Crippen LogP contribution >= 0.6 is 10.9 Å². The van der Waals surface area contributed by atoms with Gasteiger partial charge in [-0.25, -0.2) is 0 Å². The molecule has 232 valence electrons. The second-order valence-electron chi connectivity index (χ2n) is 10.0. The normalized spacial score (nSPS) is 15.2. The van der Waals surface area contributed by atoms with Gasteiger partial charge in [0.25, 0.3) is 0 Å². The van der Waals surface area contributed by atoms with Gasteiger partial charge in [0.15, 0.2) is 0 Å². The van der Waals surface area contributed by atoms with Crippen molar-refractivity contribution in [3.63, 3.8) is 0 Å². The van der Waals surface area contributed by atoms with Gasteiger partial charge in [-0.15, -0.1) is 0 Å². The summed E-state index contributed by atoms with van der Waals surface area (Å²) in [7, 11) is -3.47. The lowest BCUT2D eigenvalue weighted by Crippen LogP contribution is -2.43. The Kier molecular flexibility index (Phi) is 25.8. The molecular formula is C26H60N4O7S. The SMILES string of the molecule is CCCCC(CC)COCC(O)CN(CCNCCC)CCNCCNCC(O)COCCCS(O)(O)O. The number of aliphatic hydroxyl groups excluding tert-OH is 2. The Hall–Kier alpha value is -0.0900. The van der Waals surface area contributed by atoms with Crippen molar-refractivity contribution in [2.45, 2.75) is 71.5 Å². The monoisotopic (exact) mass is 572 g/mol. The lowest BCUT2D eigenvalue weighted by atomic mass is 10.0. The van der Waals surface area contributed by atoms with E-state index in [2.05, 4.69) is 41.6 Å². The first-order valence-corrected chi connectivity index (χ1v) is 16.2. The molecule has 0 saturated carbocycles. The Morgan fingerprint density at radius 2 is 1.39 bits per heavy atom. The Bertz CT molecular complexity index is 507.